The Hall–Kier alpha value is -3.06. The van der Waals surface area contributed by atoms with Crippen LogP contribution in [0.1, 0.15) is 81.5 Å². The number of hydrogen-bond acceptors (Lipinski definition) is 5. The molecule has 0 radical (unpaired) electrons. The number of rotatable bonds is 16. The number of amides is 2. The van der Waals surface area contributed by atoms with Crippen LogP contribution in [0.3, 0.4) is 0 Å². The van der Waals surface area contributed by atoms with Gasteiger partial charge in [-0.05, 0) is 42.8 Å². The molecule has 2 aromatic rings. The lowest BCUT2D eigenvalue weighted by atomic mass is 10.1. The summed E-state index contributed by atoms with van der Waals surface area (Å²) in [4.78, 5) is 36.9. The molecule has 2 rings (SSSR count). The van der Waals surface area contributed by atoms with E-state index in [1.165, 1.54) is 51.7 Å². The third kappa shape index (κ3) is 11.1. The Morgan fingerprint density at radius 2 is 1.53 bits per heavy atom. The Morgan fingerprint density at radius 3 is 2.22 bits per heavy atom. The number of carbonyl (C=O) groups is 3. The SMILES string of the molecule is CCCCCCCCCCCC(=O)Nc1cccc(C(=O)OCC(=O)Nc2cc(Cl)ccc2OC)c1. The first-order valence-electron chi connectivity index (χ1n) is 12.6. The van der Waals surface area contributed by atoms with Crippen LogP contribution in [0.2, 0.25) is 5.02 Å². The quantitative estimate of drug-likeness (QED) is 0.185. The molecule has 0 unspecified atom stereocenters. The van der Waals surface area contributed by atoms with Gasteiger partial charge in [0.1, 0.15) is 5.75 Å². The van der Waals surface area contributed by atoms with Gasteiger partial charge in [-0.15, -0.1) is 0 Å². The minimum absolute atomic E-state index is 0.0849. The summed E-state index contributed by atoms with van der Waals surface area (Å²) in [6.07, 6.45) is 11.2. The van der Waals surface area contributed by atoms with Crippen LogP contribution in [0.25, 0.3) is 0 Å². The van der Waals surface area contributed by atoms with E-state index in [9.17, 15) is 14.4 Å². The third-order valence-corrected chi connectivity index (χ3v) is 5.89. The van der Waals surface area contributed by atoms with Crippen molar-refractivity contribution in [2.75, 3.05) is 24.4 Å². The first-order chi connectivity index (χ1) is 17.4. The lowest BCUT2D eigenvalue weighted by molar-refractivity contribution is -0.119. The van der Waals surface area contributed by atoms with Gasteiger partial charge in [0, 0.05) is 17.1 Å². The van der Waals surface area contributed by atoms with Gasteiger partial charge in [0.05, 0.1) is 18.4 Å². The van der Waals surface area contributed by atoms with E-state index < -0.39 is 18.5 Å². The Bertz CT molecular complexity index is 996. The number of benzene rings is 2. The molecule has 0 spiro atoms. The van der Waals surface area contributed by atoms with Crippen LogP contribution in [0.5, 0.6) is 5.75 Å². The molecule has 0 bridgehead atoms. The molecule has 8 heteroatoms. The minimum atomic E-state index is -0.668. The molecule has 2 amide bonds. The molecule has 0 aliphatic heterocycles. The predicted molar refractivity (Wildman–Crippen MR) is 144 cm³/mol. The van der Waals surface area contributed by atoms with Crippen molar-refractivity contribution in [3.63, 3.8) is 0 Å². The monoisotopic (exact) mass is 516 g/mol. The zero-order valence-corrected chi connectivity index (χ0v) is 22.0. The molecule has 0 fully saturated rings. The number of esters is 1. The van der Waals surface area contributed by atoms with E-state index in [-0.39, 0.29) is 11.5 Å². The maximum atomic E-state index is 12.4. The van der Waals surface area contributed by atoms with E-state index in [0.717, 1.165) is 19.3 Å². The van der Waals surface area contributed by atoms with Gasteiger partial charge >= 0.3 is 5.97 Å². The first kappa shape index (κ1) is 29.2. The minimum Gasteiger partial charge on any atom is -0.495 e. The number of anilines is 2. The van der Waals surface area contributed by atoms with Gasteiger partial charge < -0.3 is 20.1 Å². The molecule has 0 aliphatic carbocycles. The molecule has 0 saturated heterocycles. The van der Waals surface area contributed by atoms with Gasteiger partial charge in [-0.1, -0.05) is 76.0 Å². The summed E-state index contributed by atoms with van der Waals surface area (Å²) in [7, 11) is 1.47. The average Bonchev–Trinajstić information content (AvgIpc) is 2.86. The van der Waals surface area contributed by atoms with Crippen molar-refractivity contribution in [1.82, 2.24) is 0 Å². The van der Waals surface area contributed by atoms with Gasteiger partial charge in [0.15, 0.2) is 6.61 Å². The van der Waals surface area contributed by atoms with Crippen molar-refractivity contribution < 1.29 is 23.9 Å². The molecule has 0 aliphatic rings. The Morgan fingerprint density at radius 1 is 0.833 bits per heavy atom. The topological polar surface area (TPSA) is 93.7 Å². The molecule has 0 heterocycles. The maximum Gasteiger partial charge on any atom is 0.338 e. The lowest BCUT2D eigenvalue weighted by Gasteiger charge is -2.11. The van der Waals surface area contributed by atoms with Crippen LogP contribution < -0.4 is 15.4 Å². The summed E-state index contributed by atoms with van der Waals surface area (Å²) in [6, 6.07) is 11.3. The van der Waals surface area contributed by atoms with Crippen molar-refractivity contribution in [1.29, 1.82) is 0 Å². The number of hydrogen-bond donors (Lipinski definition) is 2. The van der Waals surface area contributed by atoms with Crippen molar-refractivity contribution in [3.8, 4) is 5.75 Å². The standard InChI is InChI=1S/C28H37ClN2O5/c1-3-4-5-6-7-8-9-10-11-15-26(32)30-23-14-12-13-21(18-23)28(34)36-20-27(33)31-24-19-22(29)16-17-25(24)35-2/h12-14,16-19H,3-11,15,20H2,1-2H3,(H,30,32)(H,31,33). The van der Waals surface area contributed by atoms with E-state index in [4.69, 9.17) is 21.1 Å². The Kier molecular flexibility index (Phi) is 13.4. The van der Waals surface area contributed by atoms with Gasteiger partial charge in [0.2, 0.25) is 5.91 Å². The van der Waals surface area contributed by atoms with Crippen molar-refractivity contribution in [2.45, 2.75) is 71.1 Å². The summed E-state index contributed by atoms with van der Waals surface area (Å²) in [5, 5.41) is 5.86. The number of unbranched alkanes of at least 4 members (excludes halogenated alkanes) is 8. The largest absolute Gasteiger partial charge is 0.495 e. The fraction of sp³-hybridized carbons (Fsp3) is 0.464. The van der Waals surface area contributed by atoms with Crippen LogP contribution in [0, 0.1) is 0 Å². The smallest absolute Gasteiger partial charge is 0.338 e. The molecule has 0 saturated carbocycles. The second kappa shape index (κ2) is 16.6. The summed E-state index contributed by atoms with van der Waals surface area (Å²) >= 11 is 5.96. The zero-order chi connectivity index (χ0) is 26.2. The van der Waals surface area contributed by atoms with Crippen LogP contribution in [0.15, 0.2) is 42.5 Å². The lowest BCUT2D eigenvalue weighted by Crippen LogP contribution is -2.21. The summed E-state index contributed by atoms with van der Waals surface area (Å²) in [5.74, 6) is -0.851. The molecule has 36 heavy (non-hydrogen) atoms. The third-order valence-electron chi connectivity index (χ3n) is 5.66. The second-order valence-electron chi connectivity index (χ2n) is 8.68. The fourth-order valence-corrected chi connectivity index (χ4v) is 3.89. The fourth-order valence-electron chi connectivity index (χ4n) is 3.72. The highest BCUT2D eigenvalue weighted by Gasteiger charge is 2.13. The summed E-state index contributed by atoms with van der Waals surface area (Å²) < 4.78 is 10.3. The summed E-state index contributed by atoms with van der Waals surface area (Å²) in [6.45, 7) is 1.74. The number of methoxy groups -OCH3 is 1. The van der Waals surface area contributed by atoms with E-state index in [2.05, 4.69) is 17.6 Å². The van der Waals surface area contributed by atoms with Crippen molar-refractivity contribution >= 4 is 40.8 Å². The van der Waals surface area contributed by atoms with E-state index in [0.29, 0.717) is 28.6 Å². The Labute approximate surface area is 218 Å². The number of nitrogens with one attached hydrogen (secondary N) is 2. The molecule has 196 valence electrons. The molecule has 2 N–H and O–H groups in total. The van der Waals surface area contributed by atoms with Crippen LogP contribution in [0.4, 0.5) is 11.4 Å². The predicted octanol–water partition coefficient (Wildman–Crippen LogP) is 7.00. The summed E-state index contributed by atoms with van der Waals surface area (Å²) in [5.41, 5.74) is 1.13. The normalized spacial score (nSPS) is 10.5. The Balaban J connectivity index is 1.72. The number of ether oxygens (including phenoxy) is 2. The van der Waals surface area contributed by atoms with E-state index >= 15 is 0 Å². The highest BCUT2D eigenvalue weighted by Crippen LogP contribution is 2.27. The molecule has 0 aromatic heterocycles. The second-order valence-corrected chi connectivity index (χ2v) is 9.11. The van der Waals surface area contributed by atoms with Gasteiger partial charge in [0.25, 0.3) is 5.91 Å². The van der Waals surface area contributed by atoms with Gasteiger partial charge in [-0.2, -0.15) is 0 Å². The van der Waals surface area contributed by atoms with E-state index in [1.807, 2.05) is 0 Å². The van der Waals surface area contributed by atoms with Crippen LogP contribution in [-0.4, -0.2) is 31.5 Å². The number of halogens is 1. The van der Waals surface area contributed by atoms with Crippen LogP contribution in [-0.2, 0) is 14.3 Å². The highest BCUT2D eigenvalue weighted by atomic mass is 35.5. The van der Waals surface area contributed by atoms with Crippen LogP contribution >= 0.6 is 11.6 Å². The van der Waals surface area contributed by atoms with Gasteiger partial charge in [-0.3, -0.25) is 9.59 Å². The molecular formula is C28H37ClN2O5. The molecule has 0 atom stereocenters. The molecular weight excluding hydrogens is 480 g/mol. The van der Waals surface area contributed by atoms with Crippen molar-refractivity contribution in [2.24, 2.45) is 0 Å². The highest BCUT2D eigenvalue weighted by molar-refractivity contribution is 6.31. The molecule has 2 aromatic carbocycles. The zero-order valence-electron chi connectivity index (χ0n) is 21.2. The average molecular weight is 517 g/mol. The maximum absolute atomic E-state index is 12.4. The van der Waals surface area contributed by atoms with E-state index in [1.54, 1.807) is 36.4 Å². The number of carbonyl (C=O) groups excluding carboxylic acids is 3. The molecule has 7 nitrogen and oxygen atoms in total. The first-order valence-corrected chi connectivity index (χ1v) is 13.0. The van der Waals surface area contributed by atoms with Crippen molar-refractivity contribution in [3.05, 3.63) is 53.1 Å². The van der Waals surface area contributed by atoms with Gasteiger partial charge in [-0.25, -0.2) is 4.79 Å².